The fourth-order valence-electron chi connectivity index (χ4n) is 2.70. The molecule has 1 unspecified atom stereocenters. The Kier molecular flexibility index (Phi) is 3.13. The van der Waals surface area contributed by atoms with Crippen molar-refractivity contribution in [1.29, 1.82) is 0 Å². The van der Waals surface area contributed by atoms with Gasteiger partial charge < -0.3 is 0 Å². The van der Waals surface area contributed by atoms with Crippen molar-refractivity contribution < 1.29 is 13.2 Å². The van der Waals surface area contributed by atoms with Crippen molar-refractivity contribution in [3.05, 3.63) is 76.9 Å². The molecule has 0 radical (unpaired) electrons. The lowest BCUT2D eigenvalue weighted by molar-refractivity contribution is -0.137. The Morgan fingerprint density at radius 1 is 0.900 bits per heavy atom. The summed E-state index contributed by atoms with van der Waals surface area (Å²) in [6.45, 7) is 0. The van der Waals surface area contributed by atoms with E-state index in [1.54, 1.807) is 12.1 Å². The van der Waals surface area contributed by atoms with Crippen LogP contribution in [0.5, 0.6) is 0 Å². The molecule has 2 aromatic rings. The van der Waals surface area contributed by atoms with Crippen molar-refractivity contribution in [3.8, 4) is 0 Å². The highest BCUT2D eigenvalue weighted by Gasteiger charge is 2.35. The van der Waals surface area contributed by atoms with Gasteiger partial charge in [0.15, 0.2) is 0 Å². The van der Waals surface area contributed by atoms with E-state index in [9.17, 15) is 13.2 Å². The van der Waals surface area contributed by atoms with Crippen LogP contribution in [-0.2, 0) is 12.6 Å². The zero-order valence-corrected chi connectivity index (χ0v) is 10.7. The van der Waals surface area contributed by atoms with Crippen LogP contribution in [0.3, 0.4) is 0 Å². The summed E-state index contributed by atoms with van der Waals surface area (Å²) in [7, 11) is 0. The van der Waals surface area contributed by atoms with Crippen molar-refractivity contribution in [1.82, 2.24) is 0 Å². The number of alkyl halides is 3. The molecule has 2 aromatic carbocycles. The second-order valence-electron chi connectivity index (χ2n) is 4.96. The maximum atomic E-state index is 13.0. The molecular formula is C17H13F3. The molecule has 0 nitrogen and oxygen atoms in total. The highest BCUT2D eigenvalue weighted by molar-refractivity contribution is 5.66. The monoisotopic (exact) mass is 274 g/mol. The van der Waals surface area contributed by atoms with Crippen LogP contribution in [0, 0.1) is 0 Å². The zero-order chi connectivity index (χ0) is 14.2. The Labute approximate surface area is 115 Å². The normalized spacial score (nSPS) is 17.2. The molecule has 3 rings (SSSR count). The van der Waals surface area contributed by atoms with E-state index in [1.165, 1.54) is 6.07 Å². The number of hydrogen-bond acceptors (Lipinski definition) is 0. The van der Waals surface area contributed by atoms with Crippen LogP contribution in [0.15, 0.2) is 54.6 Å². The molecule has 1 aliphatic rings. The minimum Gasteiger partial charge on any atom is -0.166 e. The number of benzene rings is 2. The summed E-state index contributed by atoms with van der Waals surface area (Å²) in [6, 6.07) is 14.3. The largest absolute Gasteiger partial charge is 0.416 e. The summed E-state index contributed by atoms with van der Waals surface area (Å²) in [5, 5.41) is 0. The molecule has 1 aliphatic carbocycles. The maximum absolute atomic E-state index is 13.0. The lowest BCUT2D eigenvalue weighted by Gasteiger charge is -2.15. The van der Waals surface area contributed by atoms with Crippen LogP contribution in [0.4, 0.5) is 13.2 Å². The zero-order valence-electron chi connectivity index (χ0n) is 10.7. The maximum Gasteiger partial charge on any atom is 0.416 e. The molecule has 3 heteroatoms. The van der Waals surface area contributed by atoms with Gasteiger partial charge in [0.05, 0.1) is 5.56 Å². The van der Waals surface area contributed by atoms with Gasteiger partial charge in [-0.25, -0.2) is 0 Å². The molecule has 0 saturated carbocycles. The van der Waals surface area contributed by atoms with E-state index < -0.39 is 11.7 Å². The predicted molar refractivity (Wildman–Crippen MR) is 73.4 cm³/mol. The van der Waals surface area contributed by atoms with Gasteiger partial charge in [-0.05, 0) is 29.2 Å². The fraction of sp³-hybridized carbons (Fsp3) is 0.176. The summed E-state index contributed by atoms with van der Waals surface area (Å²) in [4.78, 5) is 0. The van der Waals surface area contributed by atoms with Crippen molar-refractivity contribution in [3.63, 3.8) is 0 Å². The topological polar surface area (TPSA) is 0 Å². The van der Waals surface area contributed by atoms with Crippen LogP contribution in [0.1, 0.15) is 28.2 Å². The molecule has 0 amide bonds. The number of fused-ring (bicyclic) bond motifs is 1. The van der Waals surface area contributed by atoms with Gasteiger partial charge >= 0.3 is 6.18 Å². The fourth-order valence-corrected chi connectivity index (χ4v) is 2.70. The molecule has 0 spiro atoms. The molecule has 0 aromatic heterocycles. The van der Waals surface area contributed by atoms with E-state index in [-0.39, 0.29) is 5.92 Å². The molecule has 0 bridgehead atoms. The summed E-state index contributed by atoms with van der Waals surface area (Å²) in [5.41, 5.74) is 1.68. The number of rotatable bonds is 2. The minimum atomic E-state index is -4.29. The molecule has 20 heavy (non-hydrogen) atoms. The first-order valence-electron chi connectivity index (χ1n) is 6.48. The smallest absolute Gasteiger partial charge is 0.166 e. The predicted octanol–water partition coefficient (Wildman–Crippen LogP) is 5.06. The Hall–Kier alpha value is -2.03. The summed E-state index contributed by atoms with van der Waals surface area (Å²) in [5.74, 6) is 0.0229. The van der Waals surface area contributed by atoms with E-state index in [2.05, 4.69) is 0 Å². The summed E-state index contributed by atoms with van der Waals surface area (Å²) >= 11 is 0. The SMILES string of the molecule is FC(F)(F)c1cccc2c1C=CC2Cc1ccccc1. The van der Waals surface area contributed by atoms with Crippen molar-refractivity contribution in [2.75, 3.05) is 0 Å². The van der Waals surface area contributed by atoms with Crippen LogP contribution in [-0.4, -0.2) is 0 Å². The molecule has 0 N–H and O–H groups in total. The average Bonchev–Trinajstić information content (AvgIpc) is 2.82. The van der Waals surface area contributed by atoms with Crippen LogP contribution in [0.2, 0.25) is 0 Å². The minimum absolute atomic E-state index is 0.0229. The summed E-state index contributed by atoms with van der Waals surface area (Å²) < 4.78 is 38.9. The van der Waals surface area contributed by atoms with Crippen LogP contribution < -0.4 is 0 Å². The van der Waals surface area contributed by atoms with E-state index >= 15 is 0 Å². The van der Waals surface area contributed by atoms with Gasteiger partial charge in [0, 0.05) is 5.92 Å². The molecular weight excluding hydrogens is 261 g/mol. The van der Waals surface area contributed by atoms with Gasteiger partial charge in [0.2, 0.25) is 0 Å². The third-order valence-electron chi connectivity index (χ3n) is 3.64. The number of hydrogen-bond donors (Lipinski definition) is 0. The second-order valence-corrected chi connectivity index (χ2v) is 4.96. The van der Waals surface area contributed by atoms with Crippen molar-refractivity contribution in [2.24, 2.45) is 0 Å². The third kappa shape index (κ3) is 2.36. The lowest BCUT2D eigenvalue weighted by Crippen LogP contribution is -2.09. The van der Waals surface area contributed by atoms with E-state index in [1.807, 2.05) is 36.4 Å². The Morgan fingerprint density at radius 3 is 2.35 bits per heavy atom. The highest BCUT2D eigenvalue weighted by Crippen LogP contribution is 2.40. The summed E-state index contributed by atoms with van der Waals surface area (Å²) in [6.07, 6.45) is -0.0956. The van der Waals surface area contributed by atoms with E-state index in [4.69, 9.17) is 0 Å². The first kappa shape index (κ1) is 13.0. The van der Waals surface area contributed by atoms with Gasteiger partial charge in [-0.2, -0.15) is 13.2 Å². The molecule has 0 saturated heterocycles. The molecule has 0 heterocycles. The van der Waals surface area contributed by atoms with Gasteiger partial charge in [0.25, 0.3) is 0 Å². The lowest BCUT2D eigenvalue weighted by atomic mass is 9.92. The van der Waals surface area contributed by atoms with Crippen LogP contribution in [0.25, 0.3) is 6.08 Å². The Balaban J connectivity index is 1.94. The Morgan fingerprint density at radius 2 is 1.65 bits per heavy atom. The third-order valence-corrected chi connectivity index (χ3v) is 3.64. The molecule has 0 aliphatic heterocycles. The van der Waals surface area contributed by atoms with Crippen LogP contribution >= 0.6 is 0 Å². The number of halogens is 3. The highest BCUT2D eigenvalue weighted by atomic mass is 19.4. The van der Waals surface area contributed by atoms with Crippen molar-refractivity contribution >= 4 is 6.08 Å². The molecule has 102 valence electrons. The average molecular weight is 274 g/mol. The first-order chi connectivity index (χ1) is 9.55. The van der Waals surface area contributed by atoms with Gasteiger partial charge in [-0.1, -0.05) is 54.6 Å². The molecule has 1 atom stereocenters. The molecule has 0 fully saturated rings. The van der Waals surface area contributed by atoms with Gasteiger partial charge in [-0.3, -0.25) is 0 Å². The van der Waals surface area contributed by atoms with E-state index in [0.717, 1.165) is 23.6 Å². The Bertz CT molecular complexity index is 639. The van der Waals surface area contributed by atoms with E-state index in [0.29, 0.717) is 5.56 Å². The number of allylic oxidation sites excluding steroid dienone is 1. The first-order valence-corrected chi connectivity index (χ1v) is 6.48. The standard InChI is InChI=1S/C17H13F3/c18-17(19,20)16-8-4-7-14-13(9-10-15(14)16)11-12-5-2-1-3-6-12/h1-10,13H,11H2. The van der Waals surface area contributed by atoms with Gasteiger partial charge in [-0.15, -0.1) is 0 Å². The van der Waals surface area contributed by atoms with Crippen molar-refractivity contribution in [2.45, 2.75) is 18.5 Å². The quantitative estimate of drug-likeness (QED) is 0.718. The second kappa shape index (κ2) is 4.82. The van der Waals surface area contributed by atoms with Gasteiger partial charge in [0.1, 0.15) is 0 Å².